The molecule has 196 valence electrons. The summed E-state index contributed by atoms with van der Waals surface area (Å²) in [4.78, 5) is 24.9. The van der Waals surface area contributed by atoms with Gasteiger partial charge in [0.1, 0.15) is 17.3 Å². The first-order chi connectivity index (χ1) is 18.0. The number of likely N-dealkylation sites (tertiary alicyclic amines) is 1. The molecule has 0 spiro atoms. The van der Waals surface area contributed by atoms with Crippen molar-refractivity contribution < 1.29 is 18.7 Å². The van der Waals surface area contributed by atoms with E-state index in [1.165, 1.54) is 5.69 Å². The molecule has 2 aliphatic heterocycles. The highest BCUT2D eigenvalue weighted by Gasteiger charge is 2.31. The maximum Gasteiger partial charge on any atom is 0.227 e. The molecule has 0 aliphatic carbocycles. The highest BCUT2D eigenvalue weighted by Crippen LogP contribution is 2.27. The molecule has 2 saturated heterocycles. The zero-order valence-corrected chi connectivity index (χ0v) is 22.0. The Morgan fingerprint density at radius 3 is 2.24 bits per heavy atom. The number of piperazine rings is 1. The number of amides is 1. The lowest BCUT2D eigenvalue weighted by Gasteiger charge is -2.39. The number of benzene rings is 2. The molecular formula is C29H36N4O4. The molecule has 37 heavy (non-hydrogen) atoms. The Kier molecular flexibility index (Phi) is 7.65. The van der Waals surface area contributed by atoms with Crippen LogP contribution in [0, 0.1) is 12.8 Å². The van der Waals surface area contributed by atoms with Crippen molar-refractivity contribution in [1.82, 2.24) is 14.8 Å². The Hall–Kier alpha value is -3.52. The predicted octanol–water partition coefficient (Wildman–Crippen LogP) is 4.23. The topological polar surface area (TPSA) is 71.3 Å². The number of hydrogen-bond acceptors (Lipinski definition) is 7. The minimum absolute atomic E-state index is 0.0366. The van der Waals surface area contributed by atoms with E-state index in [0.717, 1.165) is 80.6 Å². The number of rotatable bonds is 7. The molecule has 2 fully saturated rings. The third kappa shape index (κ3) is 5.74. The number of nitrogens with zero attached hydrogens (tertiary/aromatic N) is 4. The van der Waals surface area contributed by atoms with Crippen LogP contribution in [0.15, 0.2) is 52.9 Å². The van der Waals surface area contributed by atoms with Crippen LogP contribution in [-0.2, 0) is 11.3 Å². The van der Waals surface area contributed by atoms with Crippen LogP contribution in [0.2, 0.25) is 0 Å². The molecule has 0 unspecified atom stereocenters. The first kappa shape index (κ1) is 25.1. The van der Waals surface area contributed by atoms with Crippen LogP contribution in [0.5, 0.6) is 11.5 Å². The minimum atomic E-state index is 0.0366. The second kappa shape index (κ2) is 11.3. The van der Waals surface area contributed by atoms with E-state index in [0.29, 0.717) is 12.4 Å². The summed E-state index contributed by atoms with van der Waals surface area (Å²) in [6, 6.07) is 15.9. The van der Waals surface area contributed by atoms with E-state index >= 15 is 0 Å². The first-order valence-corrected chi connectivity index (χ1v) is 13.0. The van der Waals surface area contributed by atoms with Crippen LogP contribution in [-0.4, -0.2) is 74.2 Å². The Morgan fingerprint density at radius 1 is 0.946 bits per heavy atom. The van der Waals surface area contributed by atoms with Gasteiger partial charge in [-0.2, -0.15) is 0 Å². The normalized spacial score (nSPS) is 18.6. The van der Waals surface area contributed by atoms with E-state index in [1.54, 1.807) is 14.2 Å². The summed E-state index contributed by atoms with van der Waals surface area (Å²) in [7, 11) is 3.33. The lowest BCUT2D eigenvalue weighted by atomic mass is 9.96. The van der Waals surface area contributed by atoms with Gasteiger partial charge in [0.2, 0.25) is 11.8 Å². The number of aryl methyl sites for hydroxylation is 1. The Morgan fingerprint density at radius 2 is 1.59 bits per heavy atom. The summed E-state index contributed by atoms with van der Waals surface area (Å²) in [5.41, 5.74) is 3.04. The molecule has 0 bridgehead atoms. The molecule has 0 N–H and O–H groups in total. The molecule has 0 radical (unpaired) electrons. The smallest absolute Gasteiger partial charge is 0.227 e. The van der Waals surface area contributed by atoms with Gasteiger partial charge in [0, 0.05) is 50.5 Å². The molecule has 1 atom stereocenters. The summed E-state index contributed by atoms with van der Waals surface area (Å²) in [6.07, 6.45) is 1.97. The number of piperidine rings is 1. The Labute approximate surface area is 218 Å². The van der Waals surface area contributed by atoms with Crippen LogP contribution in [0.4, 0.5) is 5.69 Å². The van der Waals surface area contributed by atoms with Gasteiger partial charge in [-0.3, -0.25) is 9.69 Å². The molecule has 2 aliphatic rings. The van der Waals surface area contributed by atoms with Crippen molar-refractivity contribution in [2.75, 3.05) is 58.4 Å². The molecule has 8 nitrogen and oxygen atoms in total. The molecule has 0 saturated carbocycles. The number of carbonyl (C=O) groups is 1. The van der Waals surface area contributed by atoms with Crippen molar-refractivity contribution in [3.63, 3.8) is 0 Å². The first-order valence-electron chi connectivity index (χ1n) is 13.0. The molecular weight excluding hydrogens is 468 g/mol. The van der Waals surface area contributed by atoms with Gasteiger partial charge in [0.15, 0.2) is 0 Å². The molecule has 2 aromatic carbocycles. The van der Waals surface area contributed by atoms with Crippen molar-refractivity contribution >= 4 is 11.6 Å². The standard InChI is InChI=1S/C29H36N4O4/c1-21-27(30-28(37-21)22-6-10-25(35-2)11-7-22)20-31-14-4-5-23(19-31)29(34)33-17-15-32(16-18-33)24-8-12-26(36-3)13-9-24/h6-13,23H,4-5,14-20H2,1-3H3/t23-/m1/s1. The average Bonchev–Trinajstić information content (AvgIpc) is 3.32. The van der Waals surface area contributed by atoms with Crippen LogP contribution in [0.25, 0.3) is 11.5 Å². The predicted molar refractivity (Wildman–Crippen MR) is 143 cm³/mol. The molecule has 5 rings (SSSR count). The van der Waals surface area contributed by atoms with E-state index in [-0.39, 0.29) is 11.8 Å². The highest BCUT2D eigenvalue weighted by atomic mass is 16.5. The van der Waals surface area contributed by atoms with E-state index < -0.39 is 0 Å². The quantitative estimate of drug-likeness (QED) is 0.477. The number of anilines is 1. The highest BCUT2D eigenvalue weighted by molar-refractivity contribution is 5.79. The van der Waals surface area contributed by atoms with Gasteiger partial charge >= 0.3 is 0 Å². The number of aromatic nitrogens is 1. The molecule has 3 aromatic rings. The largest absolute Gasteiger partial charge is 0.497 e. The van der Waals surface area contributed by atoms with Crippen molar-refractivity contribution in [3.8, 4) is 23.0 Å². The fourth-order valence-electron chi connectivity index (χ4n) is 5.28. The Bertz CT molecular complexity index is 1180. The van der Waals surface area contributed by atoms with Gasteiger partial charge in [0.25, 0.3) is 0 Å². The lowest BCUT2D eigenvalue weighted by molar-refractivity contribution is -0.137. The fourth-order valence-corrected chi connectivity index (χ4v) is 5.28. The van der Waals surface area contributed by atoms with Crippen molar-refractivity contribution in [1.29, 1.82) is 0 Å². The SMILES string of the molecule is COc1ccc(-c2nc(CN3CCC[C@@H](C(=O)N4CCN(c5ccc(OC)cc5)CC4)C3)c(C)o2)cc1. The number of oxazole rings is 1. The van der Waals surface area contributed by atoms with E-state index in [4.69, 9.17) is 18.9 Å². The zero-order valence-electron chi connectivity index (χ0n) is 22.0. The molecule has 1 aromatic heterocycles. The summed E-state index contributed by atoms with van der Waals surface area (Å²) in [6.45, 7) is 7.61. The summed E-state index contributed by atoms with van der Waals surface area (Å²) >= 11 is 0. The van der Waals surface area contributed by atoms with Crippen LogP contribution < -0.4 is 14.4 Å². The number of hydrogen-bond donors (Lipinski definition) is 0. The third-order valence-electron chi connectivity index (χ3n) is 7.49. The lowest BCUT2D eigenvalue weighted by Crippen LogP contribution is -2.52. The summed E-state index contributed by atoms with van der Waals surface area (Å²) in [5, 5.41) is 0. The summed E-state index contributed by atoms with van der Waals surface area (Å²) in [5.74, 6) is 3.43. The maximum atomic E-state index is 13.4. The number of ether oxygens (including phenoxy) is 2. The van der Waals surface area contributed by atoms with E-state index in [2.05, 4.69) is 26.8 Å². The van der Waals surface area contributed by atoms with Gasteiger partial charge in [0.05, 0.1) is 25.8 Å². The molecule has 1 amide bonds. The Balaban J connectivity index is 1.16. The second-order valence-corrected chi connectivity index (χ2v) is 9.84. The number of methoxy groups -OCH3 is 2. The van der Waals surface area contributed by atoms with Crippen LogP contribution in [0.3, 0.4) is 0 Å². The number of carbonyl (C=O) groups excluding carboxylic acids is 1. The van der Waals surface area contributed by atoms with E-state index in [1.807, 2.05) is 43.3 Å². The van der Waals surface area contributed by atoms with E-state index in [9.17, 15) is 4.79 Å². The van der Waals surface area contributed by atoms with Gasteiger partial charge in [-0.25, -0.2) is 4.98 Å². The van der Waals surface area contributed by atoms with Gasteiger partial charge in [-0.1, -0.05) is 0 Å². The monoisotopic (exact) mass is 504 g/mol. The van der Waals surface area contributed by atoms with Gasteiger partial charge in [-0.15, -0.1) is 0 Å². The second-order valence-electron chi connectivity index (χ2n) is 9.84. The fraction of sp³-hybridized carbons (Fsp3) is 0.448. The molecule has 8 heteroatoms. The van der Waals surface area contributed by atoms with Crippen LogP contribution >= 0.6 is 0 Å². The zero-order chi connectivity index (χ0) is 25.8. The van der Waals surface area contributed by atoms with Crippen molar-refractivity contribution in [3.05, 3.63) is 60.0 Å². The maximum absolute atomic E-state index is 13.4. The van der Waals surface area contributed by atoms with Gasteiger partial charge in [-0.05, 0) is 74.8 Å². The van der Waals surface area contributed by atoms with Crippen molar-refractivity contribution in [2.24, 2.45) is 5.92 Å². The average molecular weight is 505 g/mol. The minimum Gasteiger partial charge on any atom is -0.497 e. The van der Waals surface area contributed by atoms with Crippen LogP contribution in [0.1, 0.15) is 24.3 Å². The van der Waals surface area contributed by atoms with Gasteiger partial charge < -0.3 is 23.7 Å². The van der Waals surface area contributed by atoms with Crippen molar-refractivity contribution in [2.45, 2.75) is 26.3 Å². The summed E-state index contributed by atoms with van der Waals surface area (Å²) < 4.78 is 16.5. The molecule has 3 heterocycles. The third-order valence-corrected chi connectivity index (χ3v) is 7.49.